The van der Waals surface area contributed by atoms with Crippen LogP contribution in [-0.2, 0) is 4.79 Å². The van der Waals surface area contributed by atoms with Gasteiger partial charge in [-0.2, -0.15) is 0 Å². The molecule has 0 fully saturated rings. The largest absolute Gasteiger partial charge is 0.495 e. The molecule has 160 valence electrons. The minimum absolute atomic E-state index is 0.000288. The number of amides is 2. The normalized spacial score (nSPS) is 10.4. The molecule has 1 heterocycles. The molecule has 0 aliphatic heterocycles. The summed E-state index contributed by atoms with van der Waals surface area (Å²) in [5.41, 5.74) is 2.53. The maximum atomic E-state index is 13.1. The Labute approximate surface area is 184 Å². The molecule has 0 aliphatic carbocycles. The average molecular weight is 427 g/mol. The fourth-order valence-corrected chi connectivity index (χ4v) is 3.20. The molecule has 8 nitrogen and oxygen atoms in total. The van der Waals surface area contributed by atoms with E-state index in [1.165, 1.54) is 14.0 Å². The van der Waals surface area contributed by atoms with Gasteiger partial charge >= 0.3 is 0 Å². The first-order valence-electron chi connectivity index (χ1n) is 9.90. The third-order valence-corrected chi connectivity index (χ3v) is 4.61. The molecule has 8 heteroatoms. The minimum atomic E-state index is -0.505. The maximum Gasteiger partial charge on any atom is 0.295 e. The van der Waals surface area contributed by atoms with Gasteiger partial charge in [0.1, 0.15) is 5.75 Å². The van der Waals surface area contributed by atoms with Crippen LogP contribution in [0.1, 0.15) is 17.5 Å². The zero-order valence-corrected chi connectivity index (χ0v) is 17.6. The van der Waals surface area contributed by atoms with Crippen LogP contribution in [0.3, 0.4) is 0 Å². The van der Waals surface area contributed by atoms with Crippen molar-refractivity contribution >= 4 is 23.2 Å². The van der Waals surface area contributed by atoms with Crippen LogP contribution < -0.4 is 15.4 Å². The molecule has 0 unspecified atom stereocenters. The standard InChI is InChI=1S/C24H21N5O3/c1-16(30)25-18-13-14-21(32-2)20(15-18)26-24(31)22-27-23(17-9-5-3-6-10-17)29(28-22)19-11-7-4-8-12-19/h3-15H,1-2H3,(H,25,30)(H,26,31). The van der Waals surface area contributed by atoms with Gasteiger partial charge in [0.2, 0.25) is 11.7 Å². The Morgan fingerprint density at radius 2 is 1.59 bits per heavy atom. The Morgan fingerprint density at radius 1 is 0.906 bits per heavy atom. The number of hydrogen-bond acceptors (Lipinski definition) is 5. The zero-order valence-electron chi connectivity index (χ0n) is 17.6. The third-order valence-electron chi connectivity index (χ3n) is 4.61. The minimum Gasteiger partial charge on any atom is -0.495 e. The Morgan fingerprint density at radius 3 is 2.25 bits per heavy atom. The predicted octanol–water partition coefficient (Wildman–Crippen LogP) is 4.15. The van der Waals surface area contributed by atoms with Crippen molar-refractivity contribution in [1.82, 2.24) is 14.8 Å². The summed E-state index contributed by atoms with van der Waals surface area (Å²) in [7, 11) is 1.50. The van der Waals surface area contributed by atoms with E-state index in [1.54, 1.807) is 22.9 Å². The van der Waals surface area contributed by atoms with Crippen LogP contribution in [-0.4, -0.2) is 33.7 Å². The molecule has 2 amide bonds. The summed E-state index contributed by atoms with van der Waals surface area (Å²) < 4.78 is 6.97. The summed E-state index contributed by atoms with van der Waals surface area (Å²) in [6, 6.07) is 24.0. The van der Waals surface area contributed by atoms with E-state index in [2.05, 4.69) is 20.7 Å². The number of para-hydroxylation sites is 1. The number of hydrogen-bond donors (Lipinski definition) is 2. The summed E-state index contributed by atoms with van der Waals surface area (Å²) in [5, 5.41) is 9.93. The van der Waals surface area contributed by atoms with Gasteiger partial charge in [-0.15, -0.1) is 5.10 Å². The highest BCUT2D eigenvalue weighted by atomic mass is 16.5. The molecule has 2 N–H and O–H groups in total. The molecule has 1 aromatic heterocycles. The lowest BCUT2D eigenvalue weighted by atomic mass is 10.2. The lowest BCUT2D eigenvalue weighted by Gasteiger charge is -2.11. The van der Waals surface area contributed by atoms with Crippen molar-refractivity contribution in [3.05, 3.63) is 84.7 Å². The molecule has 0 radical (unpaired) electrons. The SMILES string of the molecule is COc1ccc(NC(C)=O)cc1NC(=O)c1nc(-c2ccccc2)n(-c2ccccc2)n1. The smallest absolute Gasteiger partial charge is 0.295 e. The van der Waals surface area contributed by atoms with Gasteiger partial charge in [-0.05, 0) is 30.3 Å². The van der Waals surface area contributed by atoms with Gasteiger partial charge in [0.25, 0.3) is 5.91 Å². The van der Waals surface area contributed by atoms with Crippen LogP contribution in [0.2, 0.25) is 0 Å². The third kappa shape index (κ3) is 4.49. The molecule has 0 saturated heterocycles. The van der Waals surface area contributed by atoms with Gasteiger partial charge in [0.05, 0.1) is 18.5 Å². The predicted molar refractivity (Wildman–Crippen MR) is 122 cm³/mol. The first-order chi connectivity index (χ1) is 15.5. The number of methoxy groups -OCH3 is 1. The second-order valence-electron chi connectivity index (χ2n) is 6.92. The second-order valence-corrected chi connectivity index (χ2v) is 6.92. The maximum absolute atomic E-state index is 13.1. The summed E-state index contributed by atoms with van der Waals surface area (Å²) in [5.74, 6) is 0.261. The average Bonchev–Trinajstić information content (AvgIpc) is 3.26. The highest BCUT2D eigenvalue weighted by Crippen LogP contribution is 2.28. The van der Waals surface area contributed by atoms with E-state index in [0.29, 0.717) is 22.9 Å². The Hall–Kier alpha value is -4.46. The molecular formula is C24H21N5O3. The quantitative estimate of drug-likeness (QED) is 0.482. The Kier molecular flexibility index (Phi) is 5.94. The molecule has 3 aromatic carbocycles. The van der Waals surface area contributed by atoms with Crippen molar-refractivity contribution in [3.63, 3.8) is 0 Å². The molecular weight excluding hydrogens is 406 g/mol. The van der Waals surface area contributed by atoms with E-state index < -0.39 is 5.91 Å². The molecule has 0 spiro atoms. The number of benzene rings is 3. The monoisotopic (exact) mass is 427 g/mol. The van der Waals surface area contributed by atoms with E-state index in [1.807, 2.05) is 60.7 Å². The highest BCUT2D eigenvalue weighted by Gasteiger charge is 2.20. The summed E-state index contributed by atoms with van der Waals surface area (Å²) in [6.45, 7) is 1.41. The number of ether oxygens (including phenoxy) is 1. The van der Waals surface area contributed by atoms with Crippen LogP contribution in [0.15, 0.2) is 78.9 Å². The van der Waals surface area contributed by atoms with Gasteiger partial charge in [0.15, 0.2) is 5.82 Å². The Bertz CT molecular complexity index is 1200. The van der Waals surface area contributed by atoms with E-state index in [0.717, 1.165) is 11.3 Å². The number of anilines is 2. The van der Waals surface area contributed by atoms with Crippen molar-refractivity contribution in [1.29, 1.82) is 0 Å². The van der Waals surface area contributed by atoms with Gasteiger partial charge in [-0.1, -0.05) is 48.5 Å². The van der Waals surface area contributed by atoms with Crippen molar-refractivity contribution < 1.29 is 14.3 Å². The summed E-state index contributed by atoms with van der Waals surface area (Å²) >= 11 is 0. The summed E-state index contributed by atoms with van der Waals surface area (Å²) in [4.78, 5) is 28.9. The lowest BCUT2D eigenvalue weighted by molar-refractivity contribution is -0.114. The van der Waals surface area contributed by atoms with Gasteiger partial charge in [-0.3, -0.25) is 9.59 Å². The Balaban J connectivity index is 1.71. The number of aromatic nitrogens is 3. The van der Waals surface area contributed by atoms with Crippen LogP contribution >= 0.6 is 0 Å². The molecule has 4 rings (SSSR count). The van der Waals surface area contributed by atoms with Crippen LogP contribution in [0.25, 0.3) is 17.1 Å². The van der Waals surface area contributed by atoms with E-state index in [4.69, 9.17) is 4.74 Å². The van der Waals surface area contributed by atoms with Crippen LogP contribution in [0.5, 0.6) is 5.75 Å². The van der Waals surface area contributed by atoms with Crippen molar-refractivity contribution in [2.75, 3.05) is 17.7 Å². The number of nitrogens with zero attached hydrogens (tertiary/aromatic N) is 3. The number of rotatable bonds is 6. The van der Waals surface area contributed by atoms with Gasteiger partial charge < -0.3 is 15.4 Å². The molecule has 0 aliphatic rings. The number of carbonyl (C=O) groups excluding carboxylic acids is 2. The van der Waals surface area contributed by atoms with Crippen LogP contribution in [0.4, 0.5) is 11.4 Å². The molecule has 0 saturated carbocycles. The topological polar surface area (TPSA) is 98.1 Å². The fourth-order valence-electron chi connectivity index (χ4n) is 3.20. The molecule has 32 heavy (non-hydrogen) atoms. The molecule has 0 atom stereocenters. The fraction of sp³-hybridized carbons (Fsp3) is 0.0833. The number of nitrogens with one attached hydrogen (secondary N) is 2. The van der Waals surface area contributed by atoms with Crippen molar-refractivity contribution in [2.45, 2.75) is 6.92 Å². The van der Waals surface area contributed by atoms with E-state index in [-0.39, 0.29) is 11.7 Å². The highest BCUT2D eigenvalue weighted by molar-refractivity contribution is 6.03. The number of carbonyl (C=O) groups is 2. The molecule has 4 aromatic rings. The lowest BCUT2D eigenvalue weighted by Crippen LogP contribution is -2.15. The van der Waals surface area contributed by atoms with Crippen molar-refractivity contribution in [3.8, 4) is 22.8 Å². The zero-order chi connectivity index (χ0) is 22.5. The van der Waals surface area contributed by atoms with Gasteiger partial charge in [-0.25, -0.2) is 9.67 Å². The first kappa shape index (κ1) is 20.8. The van der Waals surface area contributed by atoms with Crippen LogP contribution in [0, 0.1) is 0 Å². The van der Waals surface area contributed by atoms with E-state index in [9.17, 15) is 9.59 Å². The summed E-state index contributed by atoms with van der Waals surface area (Å²) in [6.07, 6.45) is 0. The van der Waals surface area contributed by atoms with Crippen molar-refractivity contribution in [2.24, 2.45) is 0 Å². The van der Waals surface area contributed by atoms with Gasteiger partial charge in [0, 0.05) is 18.2 Å². The van der Waals surface area contributed by atoms with E-state index >= 15 is 0 Å². The second kappa shape index (κ2) is 9.13. The first-order valence-corrected chi connectivity index (χ1v) is 9.90. The molecule has 0 bridgehead atoms.